The first kappa shape index (κ1) is 14.5. The standard InChI is InChI=1S/C15H23NO2S/c1-11(16-10-15(2)7-4-8-19-15)13-9-12(18-3)5-6-14(13)17/h5-6,9,11,16-17H,4,7-8,10H2,1-3H3. The van der Waals surface area contributed by atoms with Crippen LogP contribution in [0.4, 0.5) is 0 Å². The summed E-state index contributed by atoms with van der Waals surface area (Å²) in [5.74, 6) is 2.37. The minimum absolute atomic E-state index is 0.119. The molecule has 1 heterocycles. The number of aromatic hydroxyl groups is 1. The van der Waals surface area contributed by atoms with E-state index in [9.17, 15) is 5.11 Å². The van der Waals surface area contributed by atoms with E-state index in [2.05, 4.69) is 19.2 Å². The number of thioether (sulfide) groups is 1. The number of rotatable bonds is 5. The highest BCUT2D eigenvalue weighted by Crippen LogP contribution is 2.37. The molecule has 3 nitrogen and oxygen atoms in total. The van der Waals surface area contributed by atoms with Crippen molar-refractivity contribution in [2.24, 2.45) is 0 Å². The van der Waals surface area contributed by atoms with Gasteiger partial charge in [-0.05, 0) is 50.6 Å². The molecule has 106 valence electrons. The summed E-state index contributed by atoms with van der Waals surface area (Å²) in [7, 11) is 1.64. The summed E-state index contributed by atoms with van der Waals surface area (Å²) in [6.07, 6.45) is 2.57. The van der Waals surface area contributed by atoms with Crippen molar-refractivity contribution >= 4 is 11.8 Å². The van der Waals surface area contributed by atoms with Crippen LogP contribution >= 0.6 is 11.8 Å². The van der Waals surface area contributed by atoms with Crippen molar-refractivity contribution in [3.63, 3.8) is 0 Å². The maximum atomic E-state index is 9.96. The molecule has 0 saturated carbocycles. The largest absolute Gasteiger partial charge is 0.508 e. The van der Waals surface area contributed by atoms with Crippen LogP contribution in [-0.4, -0.2) is 29.3 Å². The van der Waals surface area contributed by atoms with Crippen LogP contribution in [0.25, 0.3) is 0 Å². The van der Waals surface area contributed by atoms with Crippen molar-refractivity contribution in [1.29, 1.82) is 0 Å². The second-order valence-electron chi connectivity index (χ2n) is 5.43. The Morgan fingerprint density at radius 2 is 2.32 bits per heavy atom. The van der Waals surface area contributed by atoms with Gasteiger partial charge in [0.15, 0.2) is 0 Å². The number of nitrogens with one attached hydrogen (secondary N) is 1. The van der Waals surface area contributed by atoms with Crippen LogP contribution in [0.15, 0.2) is 18.2 Å². The molecule has 1 aromatic rings. The Labute approximate surface area is 119 Å². The summed E-state index contributed by atoms with van der Waals surface area (Å²) in [5.41, 5.74) is 0.894. The van der Waals surface area contributed by atoms with E-state index in [1.165, 1.54) is 18.6 Å². The van der Waals surface area contributed by atoms with Crippen molar-refractivity contribution in [2.45, 2.75) is 37.5 Å². The first-order valence-electron chi connectivity index (χ1n) is 6.78. The van der Waals surface area contributed by atoms with E-state index in [0.717, 1.165) is 17.9 Å². The van der Waals surface area contributed by atoms with Gasteiger partial charge in [-0.1, -0.05) is 0 Å². The van der Waals surface area contributed by atoms with Gasteiger partial charge in [-0.3, -0.25) is 0 Å². The quantitative estimate of drug-likeness (QED) is 0.868. The molecule has 1 aromatic carbocycles. The number of ether oxygens (including phenoxy) is 1. The lowest BCUT2D eigenvalue weighted by Gasteiger charge is -2.26. The minimum Gasteiger partial charge on any atom is -0.508 e. The number of benzene rings is 1. The van der Waals surface area contributed by atoms with E-state index in [1.54, 1.807) is 19.2 Å². The third kappa shape index (κ3) is 3.57. The van der Waals surface area contributed by atoms with E-state index in [4.69, 9.17) is 4.74 Å². The van der Waals surface area contributed by atoms with E-state index >= 15 is 0 Å². The summed E-state index contributed by atoms with van der Waals surface area (Å²) in [5, 5.41) is 13.5. The monoisotopic (exact) mass is 281 g/mol. The Balaban J connectivity index is 2.01. The zero-order valence-corrected chi connectivity index (χ0v) is 12.7. The van der Waals surface area contributed by atoms with Crippen molar-refractivity contribution in [3.05, 3.63) is 23.8 Å². The smallest absolute Gasteiger partial charge is 0.120 e. The van der Waals surface area contributed by atoms with Gasteiger partial charge < -0.3 is 15.2 Å². The third-order valence-electron chi connectivity index (χ3n) is 3.78. The van der Waals surface area contributed by atoms with E-state index in [1.807, 2.05) is 17.8 Å². The number of hydrogen-bond acceptors (Lipinski definition) is 4. The van der Waals surface area contributed by atoms with Gasteiger partial charge in [0.1, 0.15) is 11.5 Å². The van der Waals surface area contributed by atoms with Gasteiger partial charge in [0, 0.05) is 22.9 Å². The molecule has 19 heavy (non-hydrogen) atoms. The number of phenolic OH excluding ortho intramolecular Hbond substituents is 1. The van der Waals surface area contributed by atoms with Crippen molar-refractivity contribution in [3.8, 4) is 11.5 Å². The molecule has 0 amide bonds. The second kappa shape index (κ2) is 6.06. The van der Waals surface area contributed by atoms with Crippen LogP contribution < -0.4 is 10.1 Å². The lowest BCUT2D eigenvalue weighted by molar-refractivity contribution is 0.406. The average molecular weight is 281 g/mol. The summed E-state index contributed by atoms with van der Waals surface area (Å²) < 4.78 is 5.55. The van der Waals surface area contributed by atoms with Crippen molar-refractivity contribution in [2.75, 3.05) is 19.4 Å². The predicted octanol–water partition coefficient (Wildman–Crippen LogP) is 3.34. The zero-order valence-electron chi connectivity index (χ0n) is 11.9. The Hall–Kier alpha value is -0.870. The van der Waals surface area contributed by atoms with E-state index in [-0.39, 0.29) is 6.04 Å². The lowest BCUT2D eigenvalue weighted by Crippen LogP contribution is -2.34. The molecule has 0 aliphatic carbocycles. The molecule has 0 aromatic heterocycles. The van der Waals surface area contributed by atoms with Crippen molar-refractivity contribution in [1.82, 2.24) is 5.32 Å². The summed E-state index contributed by atoms with van der Waals surface area (Å²) >= 11 is 2.04. The van der Waals surface area contributed by atoms with Gasteiger partial charge in [-0.25, -0.2) is 0 Å². The molecule has 2 N–H and O–H groups in total. The van der Waals surface area contributed by atoms with E-state index < -0.39 is 0 Å². The van der Waals surface area contributed by atoms with Crippen LogP contribution in [0.1, 0.15) is 38.3 Å². The maximum absolute atomic E-state index is 9.96. The molecule has 4 heteroatoms. The lowest BCUT2D eigenvalue weighted by atomic mass is 10.0. The molecule has 0 bridgehead atoms. The SMILES string of the molecule is COc1ccc(O)c(C(C)NCC2(C)CCCS2)c1. The molecule has 2 atom stereocenters. The zero-order chi connectivity index (χ0) is 13.9. The second-order valence-corrected chi connectivity index (χ2v) is 7.11. The van der Waals surface area contributed by atoms with Gasteiger partial charge in [0.25, 0.3) is 0 Å². The summed E-state index contributed by atoms with van der Waals surface area (Å²) in [6, 6.07) is 5.49. The van der Waals surface area contributed by atoms with Crippen molar-refractivity contribution < 1.29 is 9.84 Å². The van der Waals surface area contributed by atoms with E-state index in [0.29, 0.717) is 10.5 Å². The Kier molecular flexibility index (Phi) is 4.63. The molecule has 2 unspecified atom stereocenters. The summed E-state index contributed by atoms with van der Waals surface area (Å²) in [6.45, 7) is 5.36. The molecule has 2 rings (SSSR count). The molecule has 1 aliphatic heterocycles. The van der Waals surface area contributed by atoms with Gasteiger partial charge in [-0.15, -0.1) is 0 Å². The average Bonchev–Trinajstić information content (AvgIpc) is 2.84. The van der Waals surface area contributed by atoms with Crippen LogP contribution in [0, 0.1) is 0 Å². The first-order valence-corrected chi connectivity index (χ1v) is 7.77. The molecule has 1 saturated heterocycles. The highest BCUT2D eigenvalue weighted by atomic mass is 32.2. The fourth-order valence-electron chi connectivity index (χ4n) is 2.46. The Bertz CT molecular complexity index is 430. The molecular weight excluding hydrogens is 258 g/mol. The maximum Gasteiger partial charge on any atom is 0.120 e. The molecule has 1 aliphatic rings. The highest BCUT2D eigenvalue weighted by Gasteiger charge is 2.29. The fraction of sp³-hybridized carbons (Fsp3) is 0.600. The number of hydrogen-bond donors (Lipinski definition) is 2. The predicted molar refractivity (Wildman–Crippen MR) is 81.2 cm³/mol. The minimum atomic E-state index is 0.119. The summed E-state index contributed by atoms with van der Waals surface area (Å²) in [4.78, 5) is 0. The Morgan fingerprint density at radius 1 is 1.53 bits per heavy atom. The van der Waals surface area contributed by atoms with Crippen LogP contribution in [0.2, 0.25) is 0 Å². The van der Waals surface area contributed by atoms with Crippen LogP contribution in [-0.2, 0) is 0 Å². The number of methoxy groups -OCH3 is 1. The van der Waals surface area contributed by atoms with Crippen LogP contribution in [0.3, 0.4) is 0 Å². The van der Waals surface area contributed by atoms with Gasteiger partial charge >= 0.3 is 0 Å². The van der Waals surface area contributed by atoms with Gasteiger partial charge in [0.05, 0.1) is 7.11 Å². The molecular formula is C15H23NO2S. The highest BCUT2D eigenvalue weighted by molar-refractivity contribution is 8.00. The van der Waals surface area contributed by atoms with Gasteiger partial charge in [-0.2, -0.15) is 11.8 Å². The normalized spacial score (nSPS) is 24.4. The number of phenols is 1. The molecule has 0 radical (unpaired) electrons. The molecule has 1 fully saturated rings. The third-order valence-corrected chi connectivity index (χ3v) is 5.32. The topological polar surface area (TPSA) is 41.5 Å². The first-order chi connectivity index (χ1) is 9.04. The Morgan fingerprint density at radius 3 is 2.95 bits per heavy atom. The van der Waals surface area contributed by atoms with Crippen LogP contribution in [0.5, 0.6) is 11.5 Å². The fourth-order valence-corrected chi connectivity index (χ4v) is 3.72. The molecule has 0 spiro atoms. The van der Waals surface area contributed by atoms with Gasteiger partial charge in [0.2, 0.25) is 0 Å².